The first kappa shape index (κ1) is 12.5. The third-order valence-corrected chi connectivity index (χ3v) is 2.45. The Hall–Kier alpha value is -1.52. The summed E-state index contributed by atoms with van der Waals surface area (Å²) in [5.41, 5.74) is 6.03. The van der Waals surface area contributed by atoms with Crippen LogP contribution in [-0.2, 0) is 11.3 Å². The summed E-state index contributed by atoms with van der Waals surface area (Å²) in [6, 6.07) is 0.469. The standard InChI is InChI=1S/C11H20N4O/c1-3-5-9(4-2)14-10-6-13-15(7-10)8-11(12)16/h6-7,9,14H,3-5,8H2,1-2H3,(H2,12,16). The number of anilines is 1. The molecule has 1 aromatic rings. The number of primary amides is 1. The molecule has 0 aliphatic rings. The second kappa shape index (κ2) is 6.15. The SMILES string of the molecule is CCCC(CC)Nc1cnn(CC(N)=O)c1. The lowest BCUT2D eigenvalue weighted by atomic mass is 10.1. The van der Waals surface area contributed by atoms with Crippen molar-refractivity contribution in [1.82, 2.24) is 9.78 Å². The Balaban J connectivity index is 2.53. The van der Waals surface area contributed by atoms with Gasteiger partial charge in [-0.05, 0) is 12.8 Å². The maximum atomic E-state index is 10.7. The van der Waals surface area contributed by atoms with Gasteiger partial charge in [0.2, 0.25) is 5.91 Å². The number of hydrogen-bond acceptors (Lipinski definition) is 3. The molecular weight excluding hydrogens is 204 g/mol. The highest BCUT2D eigenvalue weighted by Gasteiger charge is 2.06. The fourth-order valence-electron chi connectivity index (χ4n) is 1.65. The van der Waals surface area contributed by atoms with Gasteiger partial charge in [-0.15, -0.1) is 0 Å². The van der Waals surface area contributed by atoms with E-state index >= 15 is 0 Å². The molecule has 0 saturated carbocycles. The quantitative estimate of drug-likeness (QED) is 0.734. The van der Waals surface area contributed by atoms with Crippen LogP contribution in [0.1, 0.15) is 33.1 Å². The first-order valence-electron chi connectivity index (χ1n) is 5.73. The largest absolute Gasteiger partial charge is 0.380 e. The maximum absolute atomic E-state index is 10.7. The second-order valence-electron chi connectivity index (χ2n) is 3.93. The van der Waals surface area contributed by atoms with Crippen molar-refractivity contribution in [3.63, 3.8) is 0 Å². The number of rotatable bonds is 7. The van der Waals surface area contributed by atoms with Crippen LogP contribution in [0.3, 0.4) is 0 Å². The Morgan fingerprint density at radius 1 is 1.62 bits per heavy atom. The van der Waals surface area contributed by atoms with Crippen LogP contribution in [0.2, 0.25) is 0 Å². The topological polar surface area (TPSA) is 72.9 Å². The molecule has 0 fully saturated rings. The summed E-state index contributed by atoms with van der Waals surface area (Å²) >= 11 is 0. The number of nitrogens with zero attached hydrogens (tertiary/aromatic N) is 2. The lowest BCUT2D eigenvalue weighted by Gasteiger charge is -2.15. The average Bonchev–Trinajstić information content (AvgIpc) is 2.64. The van der Waals surface area contributed by atoms with E-state index in [4.69, 9.17) is 5.73 Å². The summed E-state index contributed by atoms with van der Waals surface area (Å²) in [6.45, 7) is 4.45. The van der Waals surface area contributed by atoms with Crippen LogP contribution < -0.4 is 11.1 Å². The number of aromatic nitrogens is 2. The molecule has 1 atom stereocenters. The monoisotopic (exact) mass is 224 g/mol. The molecule has 1 aromatic heterocycles. The number of nitrogens with two attached hydrogens (primary N) is 1. The van der Waals surface area contributed by atoms with Crippen LogP contribution in [-0.4, -0.2) is 21.7 Å². The Morgan fingerprint density at radius 3 is 2.94 bits per heavy atom. The number of carbonyl (C=O) groups excluding carboxylic acids is 1. The summed E-state index contributed by atoms with van der Waals surface area (Å²) in [4.78, 5) is 10.7. The summed E-state index contributed by atoms with van der Waals surface area (Å²) in [7, 11) is 0. The average molecular weight is 224 g/mol. The minimum Gasteiger partial charge on any atom is -0.380 e. The first-order valence-corrected chi connectivity index (χ1v) is 5.73. The van der Waals surface area contributed by atoms with Gasteiger partial charge in [0.1, 0.15) is 6.54 Å². The zero-order valence-electron chi connectivity index (χ0n) is 9.94. The van der Waals surface area contributed by atoms with Crippen LogP contribution in [0.4, 0.5) is 5.69 Å². The first-order chi connectivity index (χ1) is 7.65. The van der Waals surface area contributed by atoms with Gasteiger partial charge >= 0.3 is 0 Å². The molecule has 0 spiro atoms. The van der Waals surface area contributed by atoms with Gasteiger partial charge in [0.25, 0.3) is 0 Å². The van der Waals surface area contributed by atoms with Crippen molar-refractivity contribution in [3.05, 3.63) is 12.4 Å². The highest BCUT2D eigenvalue weighted by molar-refractivity contribution is 5.73. The molecule has 0 saturated heterocycles. The van der Waals surface area contributed by atoms with Crippen LogP contribution >= 0.6 is 0 Å². The summed E-state index contributed by atoms with van der Waals surface area (Å²) in [5, 5.41) is 7.44. The summed E-state index contributed by atoms with van der Waals surface area (Å²) in [6.07, 6.45) is 6.90. The van der Waals surface area contributed by atoms with Crippen molar-refractivity contribution in [2.75, 3.05) is 5.32 Å². The highest BCUT2D eigenvalue weighted by Crippen LogP contribution is 2.11. The maximum Gasteiger partial charge on any atom is 0.239 e. The highest BCUT2D eigenvalue weighted by atomic mass is 16.1. The molecule has 16 heavy (non-hydrogen) atoms. The van der Waals surface area contributed by atoms with E-state index in [1.807, 2.05) is 6.20 Å². The van der Waals surface area contributed by atoms with Gasteiger partial charge in [-0.1, -0.05) is 20.3 Å². The molecule has 3 N–H and O–H groups in total. The predicted octanol–water partition coefficient (Wildman–Crippen LogP) is 1.36. The molecule has 0 aliphatic heterocycles. The van der Waals surface area contributed by atoms with Crippen molar-refractivity contribution in [2.24, 2.45) is 5.73 Å². The lowest BCUT2D eigenvalue weighted by Crippen LogP contribution is -2.19. The molecule has 0 bridgehead atoms. The Bertz CT molecular complexity index is 334. The fourth-order valence-corrected chi connectivity index (χ4v) is 1.65. The molecule has 1 rings (SSSR count). The van der Waals surface area contributed by atoms with E-state index < -0.39 is 0 Å². The van der Waals surface area contributed by atoms with E-state index in [1.165, 1.54) is 0 Å². The van der Waals surface area contributed by atoms with Gasteiger partial charge < -0.3 is 11.1 Å². The summed E-state index contributed by atoms with van der Waals surface area (Å²) < 4.78 is 1.54. The van der Waals surface area contributed by atoms with Crippen LogP contribution in [0.5, 0.6) is 0 Å². The minimum absolute atomic E-state index is 0.131. The Kier molecular flexibility index (Phi) is 4.82. The zero-order chi connectivity index (χ0) is 12.0. The Morgan fingerprint density at radius 2 is 2.38 bits per heavy atom. The number of carbonyl (C=O) groups is 1. The molecule has 0 radical (unpaired) electrons. The van der Waals surface area contributed by atoms with E-state index in [0.29, 0.717) is 6.04 Å². The van der Waals surface area contributed by atoms with E-state index in [2.05, 4.69) is 24.3 Å². The van der Waals surface area contributed by atoms with E-state index in [0.717, 1.165) is 24.9 Å². The normalized spacial score (nSPS) is 12.4. The van der Waals surface area contributed by atoms with Gasteiger partial charge in [-0.3, -0.25) is 9.48 Å². The number of hydrogen-bond donors (Lipinski definition) is 2. The molecule has 1 amide bonds. The molecule has 90 valence electrons. The molecule has 0 aliphatic carbocycles. The molecule has 5 heteroatoms. The van der Waals surface area contributed by atoms with Crippen molar-refractivity contribution in [3.8, 4) is 0 Å². The van der Waals surface area contributed by atoms with Gasteiger partial charge in [0.15, 0.2) is 0 Å². The zero-order valence-corrected chi connectivity index (χ0v) is 9.94. The molecular formula is C11H20N4O. The fraction of sp³-hybridized carbons (Fsp3) is 0.636. The third-order valence-electron chi connectivity index (χ3n) is 2.45. The van der Waals surface area contributed by atoms with Crippen LogP contribution in [0.25, 0.3) is 0 Å². The van der Waals surface area contributed by atoms with E-state index in [1.54, 1.807) is 10.9 Å². The predicted molar refractivity (Wildman–Crippen MR) is 64.0 cm³/mol. The number of amides is 1. The summed E-state index contributed by atoms with van der Waals surface area (Å²) in [5.74, 6) is -0.379. The van der Waals surface area contributed by atoms with Crippen molar-refractivity contribution < 1.29 is 4.79 Å². The van der Waals surface area contributed by atoms with E-state index in [-0.39, 0.29) is 12.5 Å². The third kappa shape index (κ3) is 3.92. The second-order valence-corrected chi connectivity index (χ2v) is 3.93. The number of nitrogens with one attached hydrogen (secondary N) is 1. The minimum atomic E-state index is -0.379. The van der Waals surface area contributed by atoms with Crippen molar-refractivity contribution in [1.29, 1.82) is 0 Å². The van der Waals surface area contributed by atoms with E-state index in [9.17, 15) is 4.79 Å². The molecule has 1 heterocycles. The van der Waals surface area contributed by atoms with Gasteiger partial charge in [0, 0.05) is 12.2 Å². The van der Waals surface area contributed by atoms with Crippen LogP contribution in [0, 0.1) is 0 Å². The Labute approximate surface area is 96.0 Å². The van der Waals surface area contributed by atoms with Gasteiger partial charge in [0.05, 0.1) is 11.9 Å². The molecule has 5 nitrogen and oxygen atoms in total. The van der Waals surface area contributed by atoms with Crippen molar-refractivity contribution >= 4 is 11.6 Å². The molecule has 1 unspecified atom stereocenters. The van der Waals surface area contributed by atoms with Crippen LogP contribution in [0.15, 0.2) is 12.4 Å². The van der Waals surface area contributed by atoms with Gasteiger partial charge in [-0.2, -0.15) is 5.10 Å². The van der Waals surface area contributed by atoms with Crippen molar-refractivity contribution in [2.45, 2.75) is 45.7 Å². The molecule has 0 aromatic carbocycles. The smallest absolute Gasteiger partial charge is 0.239 e. The lowest BCUT2D eigenvalue weighted by molar-refractivity contribution is -0.118. The van der Waals surface area contributed by atoms with Gasteiger partial charge in [-0.25, -0.2) is 0 Å².